The number of amides is 1. The lowest BCUT2D eigenvalue weighted by molar-refractivity contribution is 0.0683. The maximum Gasteiger partial charge on any atom is 0.253 e. The number of aromatic nitrogens is 2. The van der Waals surface area contributed by atoms with Gasteiger partial charge in [-0.2, -0.15) is 0 Å². The second kappa shape index (κ2) is 6.34. The van der Waals surface area contributed by atoms with Crippen LogP contribution in [0.4, 0.5) is 0 Å². The predicted molar refractivity (Wildman–Crippen MR) is 86.8 cm³/mol. The number of aryl methyl sites for hydroxylation is 1. The third-order valence-corrected chi connectivity index (χ3v) is 4.42. The molecule has 2 heterocycles. The highest BCUT2D eigenvalue weighted by molar-refractivity contribution is 5.94. The van der Waals surface area contributed by atoms with E-state index in [0.717, 1.165) is 37.4 Å². The van der Waals surface area contributed by atoms with E-state index in [1.165, 1.54) is 12.0 Å². The Labute approximate surface area is 131 Å². The van der Waals surface area contributed by atoms with E-state index >= 15 is 0 Å². The minimum Gasteiger partial charge on any atom is -0.338 e. The average Bonchev–Trinajstić information content (AvgIpc) is 2.92. The number of hydrogen-bond donors (Lipinski definition) is 0. The monoisotopic (exact) mass is 297 g/mol. The summed E-state index contributed by atoms with van der Waals surface area (Å²) >= 11 is 0. The van der Waals surface area contributed by atoms with Gasteiger partial charge in [0.1, 0.15) is 5.82 Å². The summed E-state index contributed by atoms with van der Waals surface area (Å²) in [5, 5.41) is 0. The first-order chi connectivity index (χ1) is 10.6. The average molecular weight is 297 g/mol. The highest BCUT2D eigenvalue weighted by Crippen LogP contribution is 2.18. The van der Waals surface area contributed by atoms with Crippen molar-refractivity contribution in [1.29, 1.82) is 0 Å². The summed E-state index contributed by atoms with van der Waals surface area (Å²) in [7, 11) is 0. The van der Waals surface area contributed by atoms with Crippen molar-refractivity contribution >= 4 is 5.91 Å². The number of nitrogens with zero attached hydrogens (tertiary/aromatic N) is 3. The third kappa shape index (κ3) is 3.21. The molecule has 0 bridgehead atoms. The smallest absolute Gasteiger partial charge is 0.253 e. The van der Waals surface area contributed by atoms with Crippen LogP contribution in [0.5, 0.6) is 0 Å². The van der Waals surface area contributed by atoms with Gasteiger partial charge in [-0.05, 0) is 43.4 Å². The van der Waals surface area contributed by atoms with Gasteiger partial charge in [0.15, 0.2) is 0 Å². The number of benzene rings is 1. The van der Waals surface area contributed by atoms with E-state index in [-0.39, 0.29) is 5.91 Å². The fourth-order valence-electron chi connectivity index (χ4n) is 3.08. The largest absolute Gasteiger partial charge is 0.338 e. The number of hydrogen-bond acceptors (Lipinski definition) is 2. The molecule has 116 valence electrons. The molecule has 1 aliphatic heterocycles. The first-order valence-corrected chi connectivity index (χ1v) is 7.99. The molecule has 1 atom stereocenters. The number of likely N-dealkylation sites (tertiary alicyclic amines) is 1. The van der Waals surface area contributed by atoms with E-state index in [1.54, 1.807) is 0 Å². The van der Waals surface area contributed by atoms with Crippen molar-refractivity contribution in [2.45, 2.75) is 33.2 Å². The molecule has 0 unspecified atom stereocenters. The molecule has 4 heteroatoms. The number of piperidine rings is 1. The van der Waals surface area contributed by atoms with Crippen molar-refractivity contribution in [3.05, 3.63) is 53.6 Å². The molecule has 22 heavy (non-hydrogen) atoms. The molecular weight excluding hydrogens is 274 g/mol. The number of imidazole rings is 1. The number of rotatable bonds is 3. The Morgan fingerprint density at radius 1 is 1.32 bits per heavy atom. The van der Waals surface area contributed by atoms with E-state index in [0.29, 0.717) is 5.92 Å². The van der Waals surface area contributed by atoms with Crippen LogP contribution in [0, 0.1) is 12.8 Å². The minimum atomic E-state index is 0.164. The molecule has 0 spiro atoms. The van der Waals surface area contributed by atoms with Crippen molar-refractivity contribution in [2.75, 3.05) is 13.1 Å². The van der Waals surface area contributed by atoms with Crippen LogP contribution in [0.25, 0.3) is 0 Å². The normalized spacial score (nSPS) is 18.5. The molecule has 0 saturated carbocycles. The number of carbonyl (C=O) groups excluding carboxylic acids is 1. The van der Waals surface area contributed by atoms with Crippen LogP contribution in [0.1, 0.15) is 41.5 Å². The zero-order valence-corrected chi connectivity index (χ0v) is 13.3. The minimum absolute atomic E-state index is 0.164. The molecular formula is C18H23N3O. The summed E-state index contributed by atoms with van der Waals surface area (Å²) in [4.78, 5) is 18.8. The highest BCUT2D eigenvalue weighted by atomic mass is 16.2. The summed E-state index contributed by atoms with van der Waals surface area (Å²) in [6.45, 7) is 6.78. The van der Waals surface area contributed by atoms with Crippen molar-refractivity contribution < 1.29 is 4.79 Å². The van der Waals surface area contributed by atoms with E-state index in [1.807, 2.05) is 48.5 Å². The summed E-state index contributed by atoms with van der Waals surface area (Å²) in [6.07, 6.45) is 6.13. The van der Waals surface area contributed by atoms with Gasteiger partial charge in [-0.3, -0.25) is 4.79 Å². The molecule has 0 aliphatic carbocycles. The first-order valence-electron chi connectivity index (χ1n) is 7.99. The predicted octanol–water partition coefficient (Wildman–Crippen LogP) is 3.11. The third-order valence-electron chi connectivity index (χ3n) is 4.42. The van der Waals surface area contributed by atoms with Gasteiger partial charge >= 0.3 is 0 Å². The lowest BCUT2D eigenvalue weighted by Crippen LogP contribution is -2.39. The highest BCUT2D eigenvalue weighted by Gasteiger charge is 2.21. The molecule has 0 N–H and O–H groups in total. The summed E-state index contributed by atoms with van der Waals surface area (Å²) < 4.78 is 2.10. The maximum absolute atomic E-state index is 12.5. The van der Waals surface area contributed by atoms with Gasteiger partial charge in [-0.1, -0.05) is 19.1 Å². The quantitative estimate of drug-likeness (QED) is 0.873. The van der Waals surface area contributed by atoms with Crippen LogP contribution in [0.15, 0.2) is 36.7 Å². The van der Waals surface area contributed by atoms with Crippen LogP contribution in [0.2, 0.25) is 0 Å². The summed E-state index contributed by atoms with van der Waals surface area (Å²) in [5.41, 5.74) is 1.98. The van der Waals surface area contributed by atoms with Crippen molar-refractivity contribution in [3.63, 3.8) is 0 Å². The summed E-state index contributed by atoms with van der Waals surface area (Å²) in [6, 6.07) is 7.98. The molecule has 1 fully saturated rings. The molecule has 3 rings (SSSR count). The van der Waals surface area contributed by atoms with Crippen LogP contribution in [-0.2, 0) is 6.54 Å². The Balaban J connectivity index is 1.68. The van der Waals surface area contributed by atoms with Gasteiger partial charge in [-0.25, -0.2) is 4.98 Å². The second-order valence-electron chi connectivity index (χ2n) is 6.30. The molecule has 0 radical (unpaired) electrons. The van der Waals surface area contributed by atoms with Crippen LogP contribution in [0.3, 0.4) is 0 Å². The van der Waals surface area contributed by atoms with Crippen LogP contribution in [-0.4, -0.2) is 33.4 Å². The summed E-state index contributed by atoms with van der Waals surface area (Å²) in [5.74, 6) is 1.78. The molecule has 1 amide bonds. The topological polar surface area (TPSA) is 38.1 Å². The van der Waals surface area contributed by atoms with E-state index < -0.39 is 0 Å². The zero-order valence-electron chi connectivity index (χ0n) is 13.3. The van der Waals surface area contributed by atoms with Crippen molar-refractivity contribution in [3.8, 4) is 0 Å². The molecule has 1 aromatic heterocycles. The molecule has 1 saturated heterocycles. The van der Waals surface area contributed by atoms with Crippen molar-refractivity contribution in [2.24, 2.45) is 5.92 Å². The number of carbonyl (C=O) groups is 1. The Kier molecular flexibility index (Phi) is 4.27. The van der Waals surface area contributed by atoms with Crippen LogP contribution >= 0.6 is 0 Å². The van der Waals surface area contributed by atoms with E-state index in [9.17, 15) is 4.79 Å². The van der Waals surface area contributed by atoms with Gasteiger partial charge in [-0.15, -0.1) is 0 Å². The lowest BCUT2D eigenvalue weighted by Gasteiger charge is -2.31. The molecule has 4 nitrogen and oxygen atoms in total. The van der Waals surface area contributed by atoms with E-state index in [4.69, 9.17) is 0 Å². The van der Waals surface area contributed by atoms with Crippen molar-refractivity contribution in [1.82, 2.24) is 14.5 Å². The Bertz CT molecular complexity index is 645. The van der Waals surface area contributed by atoms with Crippen LogP contribution < -0.4 is 0 Å². The lowest BCUT2D eigenvalue weighted by atomic mass is 9.99. The standard InChI is InChI=1S/C18H23N3O/c1-14-4-3-10-21(12-14)18(22)17-7-5-16(6-8-17)13-20-11-9-19-15(20)2/h5-9,11,14H,3-4,10,12-13H2,1-2H3/t14-/m1/s1. The second-order valence-corrected chi connectivity index (χ2v) is 6.30. The van der Waals surface area contributed by atoms with Gasteiger partial charge in [0.25, 0.3) is 5.91 Å². The molecule has 1 aliphatic rings. The SMILES string of the molecule is Cc1nccn1Cc1ccc(C(=O)N2CCC[C@@H](C)C2)cc1. The Hall–Kier alpha value is -2.10. The molecule has 2 aromatic rings. The van der Waals surface area contributed by atoms with Gasteiger partial charge in [0.05, 0.1) is 0 Å². The Morgan fingerprint density at radius 2 is 2.09 bits per heavy atom. The first kappa shape index (κ1) is 14.8. The van der Waals surface area contributed by atoms with Gasteiger partial charge < -0.3 is 9.47 Å². The van der Waals surface area contributed by atoms with E-state index in [2.05, 4.69) is 16.5 Å². The maximum atomic E-state index is 12.5. The Morgan fingerprint density at radius 3 is 2.73 bits per heavy atom. The van der Waals surface area contributed by atoms with Gasteiger partial charge in [0.2, 0.25) is 0 Å². The fraction of sp³-hybridized carbons (Fsp3) is 0.444. The van der Waals surface area contributed by atoms with Gasteiger partial charge in [0, 0.05) is 37.6 Å². The zero-order chi connectivity index (χ0) is 15.5. The fourth-order valence-corrected chi connectivity index (χ4v) is 3.08. The molecule has 1 aromatic carbocycles.